The van der Waals surface area contributed by atoms with Gasteiger partial charge in [-0.25, -0.2) is 0 Å². The van der Waals surface area contributed by atoms with Crippen LogP contribution in [-0.2, 0) is 11.2 Å². The van der Waals surface area contributed by atoms with Gasteiger partial charge in [-0.05, 0) is 52.0 Å². The van der Waals surface area contributed by atoms with Crippen LogP contribution in [0.15, 0.2) is 35.7 Å². The summed E-state index contributed by atoms with van der Waals surface area (Å²) in [5, 5.41) is 2.00. The summed E-state index contributed by atoms with van der Waals surface area (Å²) >= 11 is 1.48. The van der Waals surface area contributed by atoms with Crippen LogP contribution < -0.4 is 4.74 Å². The number of nitrogens with zero attached hydrogens (tertiary/aromatic N) is 1. The first-order valence-electron chi connectivity index (χ1n) is 10.4. The molecule has 0 spiro atoms. The van der Waals surface area contributed by atoms with E-state index in [0.29, 0.717) is 25.1 Å². The summed E-state index contributed by atoms with van der Waals surface area (Å²) < 4.78 is 11.8. The molecule has 0 saturated carbocycles. The second-order valence-electron chi connectivity index (χ2n) is 8.04. The van der Waals surface area contributed by atoms with E-state index in [4.69, 9.17) is 9.47 Å². The summed E-state index contributed by atoms with van der Waals surface area (Å²) in [5.41, 5.74) is 2.19. The van der Waals surface area contributed by atoms with Crippen LogP contribution in [0.3, 0.4) is 0 Å². The summed E-state index contributed by atoms with van der Waals surface area (Å²) in [7, 11) is 1.72. The molecule has 2 aromatic rings. The molecular weight excluding hydrogens is 382 g/mol. The number of hydrogen-bond donors (Lipinski definition) is 0. The molecule has 1 unspecified atom stereocenters. The van der Waals surface area contributed by atoms with E-state index in [1.807, 2.05) is 30.5 Å². The van der Waals surface area contributed by atoms with Gasteiger partial charge in [0.2, 0.25) is 0 Å². The van der Waals surface area contributed by atoms with Crippen LogP contribution in [0, 0.1) is 6.92 Å². The minimum Gasteiger partial charge on any atom is -0.489 e. The predicted molar refractivity (Wildman–Crippen MR) is 121 cm³/mol. The van der Waals surface area contributed by atoms with Gasteiger partial charge in [-0.3, -0.25) is 9.69 Å². The molecule has 0 aliphatic carbocycles. The first-order valence-corrected chi connectivity index (χ1v) is 11.3. The highest BCUT2D eigenvalue weighted by molar-refractivity contribution is 7.12. The van der Waals surface area contributed by atoms with Gasteiger partial charge in [0.1, 0.15) is 23.3 Å². The number of ether oxygens (including phenoxy) is 2. The van der Waals surface area contributed by atoms with Gasteiger partial charge in [0.15, 0.2) is 5.78 Å². The maximum absolute atomic E-state index is 12.8. The van der Waals surface area contributed by atoms with Crippen molar-refractivity contribution < 1.29 is 14.3 Å². The van der Waals surface area contributed by atoms with Crippen molar-refractivity contribution in [1.29, 1.82) is 0 Å². The van der Waals surface area contributed by atoms with Crippen molar-refractivity contribution in [2.45, 2.75) is 65.6 Å². The first-order chi connectivity index (χ1) is 13.8. The number of ketones is 1. The van der Waals surface area contributed by atoms with Crippen LogP contribution >= 0.6 is 11.3 Å². The summed E-state index contributed by atoms with van der Waals surface area (Å²) in [5.74, 6) is 0.859. The van der Waals surface area contributed by atoms with Gasteiger partial charge >= 0.3 is 0 Å². The maximum Gasteiger partial charge on any atom is 0.176 e. The van der Waals surface area contributed by atoms with Crippen molar-refractivity contribution in [2.75, 3.05) is 20.3 Å². The molecule has 0 aliphatic rings. The zero-order valence-electron chi connectivity index (χ0n) is 18.6. The minimum atomic E-state index is -0.0497. The van der Waals surface area contributed by atoms with E-state index >= 15 is 0 Å². The van der Waals surface area contributed by atoms with Crippen molar-refractivity contribution in [3.63, 3.8) is 0 Å². The average molecular weight is 418 g/mol. The van der Waals surface area contributed by atoms with E-state index in [1.54, 1.807) is 7.11 Å². The highest BCUT2D eigenvalue weighted by Crippen LogP contribution is 2.32. The normalized spacial score (nSPS) is 12.7. The van der Waals surface area contributed by atoms with Crippen LogP contribution in [0.1, 0.15) is 54.9 Å². The Morgan fingerprint density at radius 3 is 2.34 bits per heavy atom. The molecule has 1 atom stereocenters. The fourth-order valence-electron chi connectivity index (χ4n) is 3.45. The average Bonchev–Trinajstić information content (AvgIpc) is 3.07. The number of aryl methyl sites for hydroxylation is 2. The third kappa shape index (κ3) is 6.95. The van der Waals surface area contributed by atoms with Gasteiger partial charge in [-0.15, -0.1) is 11.3 Å². The molecule has 0 saturated heterocycles. The predicted octanol–water partition coefficient (Wildman–Crippen LogP) is 5.38. The number of rotatable bonds is 12. The van der Waals surface area contributed by atoms with Crippen LogP contribution in [0.4, 0.5) is 0 Å². The summed E-state index contributed by atoms with van der Waals surface area (Å²) in [6.45, 7) is 12.0. The Hall–Kier alpha value is -1.69. The molecule has 0 bridgehead atoms. The fraction of sp³-hybridized carbons (Fsp3) is 0.542. The number of methoxy groups -OCH3 is 1. The number of thiophene rings is 1. The highest BCUT2D eigenvalue weighted by Gasteiger charge is 2.22. The molecule has 4 nitrogen and oxygen atoms in total. The van der Waals surface area contributed by atoms with Crippen molar-refractivity contribution in [2.24, 2.45) is 0 Å². The van der Waals surface area contributed by atoms with Crippen molar-refractivity contribution in [3.8, 4) is 5.75 Å². The van der Waals surface area contributed by atoms with Gasteiger partial charge in [0, 0.05) is 37.7 Å². The molecule has 0 fully saturated rings. The Labute approximate surface area is 179 Å². The highest BCUT2D eigenvalue weighted by atomic mass is 32.1. The third-order valence-corrected chi connectivity index (χ3v) is 6.26. The number of Topliss-reactive ketones (excluding diaryl/α,β-unsaturated/α-hetero) is 1. The quantitative estimate of drug-likeness (QED) is 0.434. The van der Waals surface area contributed by atoms with Gasteiger partial charge in [-0.2, -0.15) is 0 Å². The second kappa shape index (κ2) is 11.5. The molecule has 160 valence electrons. The Kier molecular flexibility index (Phi) is 9.34. The molecule has 0 aliphatic heterocycles. The zero-order valence-corrected chi connectivity index (χ0v) is 19.4. The summed E-state index contributed by atoms with van der Waals surface area (Å²) in [4.78, 5) is 15.9. The molecular formula is C24H35NO3S. The van der Waals surface area contributed by atoms with Crippen molar-refractivity contribution in [1.82, 2.24) is 4.90 Å². The monoisotopic (exact) mass is 417 g/mol. The molecule has 0 radical (unpaired) electrons. The topological polar surface area (TPSA) is 38.8 Å². The van der Waals surface area contributed by atoms with Crippen LogP contribution in [-0.4, -0.2) is 49.1 Å². The Bertz CT molecular complexity index is 747. The molecule has 1 aromatic carbocycles. The lowest BCUT2D eigenvalue weighted by atomic mass is 10.1. The molecule has 1 aromatic heterocycles. The van der Waals surface area contributed by atoms with E-state index in [-0.39, 0.29) is 11.9 Å². The summed E-state index contributed by atoms with van der Waals surface area (Å²) in [6.07, 6.45) is 1.18. The van der Waals surface area contributed by atoms with E-state index in [2.05, 4.69) is 44.7 Å². The minimum absolute atomic E-state index is 0.0497. The molecule has 5 heteroatoms. The zero-order chi connectivity index (χ0) is 21.4. The van der Waals surface area contributed by atoms with Gasteiger partial charge in [-0.1, -0.05) is 30.3 Å². The fourth-order valence-corrected chi connectivity index (χ4v) is 4.41. The number of carbonyl (C=O) groups excluding carboxylic acids is 1. The molecule has 0 N–H and O–H groups in total. The second-order valence-corrected chi connectivity index (χ2v) is 8.92. The third-order valence-electron chi connectivity index (χ3n) is 5.14. The van der Waals surface area contributed by atoms with Crippen LogP contribution in [0.25, 0.3) is 0 Å². The van der Waals surface area contributed by atoms with Crippen molar-refractivity contribution >= 4 is 17.1 Å². The number of hydrogen-bond acceptors (Lipinski definition) is 5. The molecule has 29 heavy (non-hydrogen) atoms. The lowest BCUT2D eigenvalue weighted by molar-refractivity contribution is 0.0126. The lowest BCUT2D eigenvalue weighted by Gasteiger charge is -2.33. The van der Waals surface area contributed by atoms with E-state index in [1.165, 1.54) is 16.9 Å². The molecule has 2 rings (SSSR count). The van der Waals surface area contributed by atoms with Gasteiger partial charge in [0.05, 0.1) is 0 Å². The Morgan fingerprint density at radius 1 is 1.10 bits per heavy atom. The Morgan fingerprint density at radius 2 is 1.76 bits per heavy atom. The standard InChI is InChI=1S/C24H35NO3S/c1-17(2)25(18(3)4)14-21(27-6)15-28-23-19(5)16-29-24(23)22(26)13-12-20-10-8-7-9-11-20/h7-11,16-18,21H,12-15H2,1-6H3. The first kappa shape index (κ1) is 23.6. The number of carbonyl (C=O) groups is 1. The maximum atomic E-state index is 12.8. The number of benzene rings is 1. The van der Waals surface area contributed by atoms with Gasteiger partial charge < -0.3 is 9.47 Å². The largest absolute Gasteiger partial charge is 0.489 e. The van der Waals surface area contributed by atoms with Crippen LogP contribution in [0.2, 0.25) is 0 Å². The van der Waals surface area contributed by atoms with E-state index < -0.39 is 0 Å². The SMILES string of the molecule is COC(COc1c(C)csc1C(=O)CCc1ccccc1)CN(C(C)C)C(C)C. The lowest BCUT2D eigenvalue weighted by Crippen LogP contribution is -2.44. The van der Waals surface area contributed by atoms with Gasteiger partial charge in [0.25, 0.3) is 0 Å². The summed E-state index contributed by atoms with van der Waals surface area (Å²) in [6, 6.07) is 11.0. The van der Waals surface area contributed by atoms with Crippen molar-refractivity contribution in [3.05, 3.63) is 51.7 Å². The molecule has 0 amide bonds. The van der Waals surface area contributed by atoms with E-state index in [9.17, 15) is 4.79 Å². The molecule has 1 heterocycles. The van der Waals surface area contributed by atoms with Crippen LogP contribution in [0.5, 0.6) is 5.75 Å². The Balaban J connectivity index is 2.00. The smallest absolute Gasteiger partial charge is 0.176 e. The van der Waals surface area contributed by atoms with E-state index in [0.717, 1.165) is 29.2 Å².